The normalized spacial score (nSPS) is 16.8. The maximum absolute atomic E-state index is 12.3. The summed E-state index contributed by atoms with van der Waals surface area (Å²) in [7, 11) is 3.33. The summed E-state index contributed by atoms with van der Waals surface area (Å²) in [6.07, 6.45) is 3.29. The first-order chi connectivity index (χ1) is 12.0. The summed E-state index contributed by atoms with van der Waals surface area (Å²) in [6, 6.07) is 3.96. The molecule has 2 aromatic heterocycles. The van der Waals surface area contributed by atoms with Crippen LogP contribution < -0.4 is 10.5 Å². The first-order valence-electron chi connectivity index (χ1n) is 8.25. The van der Waals surface area contributed by atoms with Crippen molar-refractivity contribution in [3.63, 3.8) is 0 Å². The van der Waals surface area contributed by atoms with E-state index in [0.717, 1.165) is 37.0 Å². The molecule has 3 rings (SSSR count). The fraction of sp³-hybridized carbons (Fsp3) is 0.500. The molecule has 1 aliphatic rings. The molecular weight excluding hydrogens is 320 g/mol. The van der Waals surface area contributed by atoms with Gasteiger partial charge in [-0.2, -0.15) is 5.26 Å². The third-order valence-corrected chi connectivity index (χ3v) is 4.96. The van der Waals surface area contributed by atoms with Crippen molar-refractivity contribution in [2.45, 2.75) is 32.0 Å². The van der Waals surface area contributed by atoms with Crippen molar-refractivity contribution in [3.8, 4) is 6.07 Å². The largest absolute Gasteiger partial charge is 0.378 e. The quantitative estimate of drug-likeness (QED) is 0.913. The van der Waals surface area contributed by atoms with Crippen LogP contribution in [0.2, 0.25) is 0 Å². The van der Waals surface area contributed by atoms with Crippen molar-refractivity contribution in [1.29, 1.82) is 5.26 Å². The van der Waals surface area contributed by atoms with Gasteiger partial charge < -0.3 is 19.4 Å². The van der Waals surface area contributed by atoms with Crippen LogP contribution in [0, 0.1) is 11.3 Å². The SMILES string of the molecule is COCc1cc2c(N3CCC(C)(OC)CC3)c(C#N)c(=O)[nH]c2cn1. The van der Waals surface area contributed by atoms with Crippen LogP contribution in [0.3, 0.4) is 0 Å². The van der Waals surface area contributed by atoms with Crippen LogP contribution in [0.15, 0.2) is 17.1 Å². The van der Waals surface area contributed by atoms with E-state index in [2.05, 4.69) is 27.9 Å². The number of nitrogens with one attached hydrogen (secondary N) is 1. The number of fused-ring (bicyclic) bond motifs is 1. The molecule has 132 valence electrons. The summed E-state index contributed by atoms with van der Waals surface area (Å²) in [5, 5.41) is 10.4. The molecule has 0 saturated carbocycles. The average Bonchev–Trinajstić information content (AvgIpc) is 2.62. The molecule has 1 N–H and O–H groups in total. The highest BCUT2D eigenvalue weighted by atomic mass is 16.5. The molecule has 7 nitrogen and oxygen atoms in total. The second-order valence-electron chi connectivity index (χ2n) is 6.58. The van der Waals surface area contributed by atoms with E-state index >= 15 is 0 Å². The molecule has 0 bridgehead atoms. The Bertz CT molecular complexity index is 876. The number of aromatic nitrogens is 2. The number of piperidine rings is 1. The molecule has 7 heteroatoms. The molecule has 1 fully saturated rings. The molecule has 0 spiro atoms. The van der Waals surface area contributed by atoms with E-state index in [1.807, 2.05) is 6.07 Å². The zero-order valence-electron chi connectivity index (χ0n) is 14.8. The van der Waals surface area contributed by atoms with Gasteiger partial charge in [-0.25, -0.2) is 0 Å². The van der Waals surface area contributed by atoms with E-state index in [1.54, 1.807) is 20.4 Å². The van der Waals surface area contributed by atoms with Gasteiger partial charge in [-0.1, -0.05) is 0 Å². The summed E-state index contributed by atoms with van der Waals surface area (Å²) in [6.45, 7) is 3.91. The first kappa shape index (κ1) is 17.4. The van der Waals surface area contributed by atoms with Gasteiger partial charge in [-0.3, -0.25) is 9.78 Å². The second-order valence-corrected chi connectivity index (χ2v) is 6.58. The van der Waals surface area contributed by atoms with Crippen molar-refractivity contribution in [2.24, 2.45) is 0 Å². The summed E-state index contributed by atoms with van der Waals surface area (Å²) >= 11 is 0. The lowest BCUT2D eigenvalue weighted by molar-refractivity contribution is -0.0132. The highest BCUT2D eigenvalue weighted by molar-refractivity contribution is 5.94. The number of hydrogen-bond acceptors (Lipinski definition) is 6. The van der Waals surface area contributed by atoms with Crippen molar-refractivity contribution in [2.75, 3.05) is 32.2 Å². The Labute approximate surface area is 146 Å². The van der Waals surface area contributed by atoms with Crippen LogP contribution in [0.4, 0.5) is 5.69 Å². The monoisotopic (exact) mass is 342 g/mol. The van der Waals surface area contributed by atoms with E-state index in [-0.39, 0.29) is 16.7 Å². The van der Waals surface area contributed by atoms with Gasteiger partial charge in [0.05, 0.1) is 35.3 Å². The highest BCUT2D eigenvalue weighted by Gasteiger charge is 2.31. The molecule has 0 radical (unpaired) electrons. The number of anilines is 1. The number of pyridine rings is 2. The molecule has 25 heavy (non-hydrogen) atoms. The fourth-order valence-electron chi connectivity index (χ4n) is 3.29. The van der Waals surface area contributed by atoms with Gasteiger partial charge in [0.1, 0.15) is 11.6 Å². The van der Waals surface area contributed by atoms with E-state index in [1.165, 1.54) is 0 Å². The Morgan fingerprint density at radius 1 is 1.40 bits per heavy atom. The second kappa shape index (κ2) is 6.82. The zero-order chi connectivity index (χ0) is 18.0. The van der Waals surface area contributed by atoms with Gasteiger partial charge >= 0.3 is 0 Å². The number of rotatable bonds is 4. The number of methoxy groups -OCH3 is 2. The molecule has 0 aromatic carbocycles. The van der Waals surface area contributed by atoms with Gasteiger partial charge in [0.25, 0.3) is 5.56 Å². The lowest BCUT2D eigenvalue weighted by Crippen LogP contribution is -2.44. The fourth-order valence-corrected chi connectivity index (χ4v) is 3.29. The molecule has 0 aliphatic carbocycles. The van der Waals surface area contributed by atoms with E-state index in [4.69, 9.17) is 9.47 Å². The minimum absolute atomic E-state index is 0.142. The number of aromatic amines is 1. The van der Waals surface area contributed by atoms with Crippen LogP contribution in [0.1, 0.15) is 31.0 Å². The van der Waals surface area contributed by atoms with Crippen LogP contribution in [0.5, 0.6) is 0 Å². The Kier molecular flexibility index (Phi) is 4.75. The Balaban J connectivity index is 2.13. The molecule has 1 saturated heterocycles. The Morgan fingerprint density at radius 3 is 2.72 bits per heavy atom. The van der Waals surface area contributed by atoms with Gasteiger partial charge in [-0.15, -0.1) is 0 Å². The van der Waals surface area contributed by atoms with E-state index in [0.29, 0.717) is 17.8 Å². The van der Waals surface area contributed by atoms with Crippen LogP contribution >= 0.6 is 0 Å². The summed E-state index contributed by atoms with van der Waals surface area (Å²) in [4.78, 5) is 21.5. The number of ether oxygens (including phenoxy) is 2. The third kappa shape index (κ3) is 3.23. The lowest BCUT2D eigenvalue weighted by atomic mass is 9.92. The van der Waals surface area contributed by atoms with Crippen molar-refractivity contribution >= 4 is 16.6 Å². The van der Waals surface area contributed by atoms with Gasteiger partial charge in [0.2, 0.25) is 0 Å². The van der Waals surface area contributed by atoms with E-state index < -0.39 is 0 Å². The number of H-pyrrole nitrogens is 1. The third-order valence-electron chi connectivity index (χ3n) is 4.96. The minimum atomic E-state index is -0.383. The van der Waals surface area contributed by atoms with Crippen LogP contribution in [-0.2, 0) is 16.1 Å². The molecule has 1 aliphatic heterocycles. The van der Waals surface area contributed by atoms with Crippen LogP contribution in [-0.4, -0.2) is 42.9 Å². The summed E-state index contributed by atoms with van der Waals surface area (Å²) in [5.74, 6) is 0. The smallest absolute Gasteiger partial charge is 0.268 e. The highest BCUT2D eigenvalue weighted by Crippen LogP contribution is 2.33. The van der Waals surface area contributed by atoms with Crippen LogP contribution in [0.25, 0.3) is 10.9 Å². The maximum Gasteiger partial charge on any atom is 0.268 e. The topological polar surface area (TPSA) is 91.2 Å². The number of hydrogen-bond donors (Lipinski definition) is 1. The Morgan fingerprint density at radius 2 is 2.12 bits per heavy atom. The van der Waals surface area contributed by atoms with Crippen molar-refractivity contribution < 1.29 is 9.47 Å². The number of nitriles is 1. The van der Waals surface area contributed by atoms with E-state index in [9.17, 15) is 10.1 Å². The number of nitrogens with zero attached hydrogens (tertiary/aromatic N) is 3. The average molecular weight is 342 g/mol. The zero-order valence-corrected chi connectivity index (χ0v) is 14.8. The lowest BCUT2D eigenvalue weighted by Gasteiger charge is -2.40. The summed E-state index contributed by atoms with van der Waals surface area (Å²) < 4.78 is 10.8. The molecule has 0 amide bonds. The molecule has 0 unspecified atom stereocenters. The first-order valence-corrected chi connectivity index (χ1v) is 8.25. The Hall–Kier alpha value is -2.43. The minimum Gasteiger partial charge on any atom is -0.378 e. The predicted octanol–water partition coefficient (Wildman–Crippen LogP) is 1.95. The van der Waals surface area contributed by atoms with Gasteiger partial charge in [-0.05, 0) is 25.8 Å². The molecule has 0 atom stereocenters. The molecule has 2 aromatic rings. The molecule has 3 heterocycles. The van der Waals surface area contributed by atoms with Gasteiger partial charge in [0, 0.05) is 32.7 Å². The maximum atomic E-state index is 12.3. The van der Waals surface area contributed by atoms with Crippen molar-refractivity contribution in [1.82, 2.24) is 9.97 Å². The molecular formula is C18H22N4O3. The van der Waals surface area contributed by atoms with Gasteiger partial charge in [0.15, 0.2) is 0 Å². The predicted molar refractivity (Wildman–Crippen MR) is 94.7 cm³/mol. The standard InChI is InChI=1S/C18H22N4O3/c1-18(25-3)4-6-22(7-5-18)16-13-8-12(11-24-2)20-10-15(13)21-17(23)14(16)9-19/h8,10H,4-7,11H2,1-3H3,(H,21,23). The summed E-state index contributed by atoms with van der Waals surface area (Å²) in [5.41, 5.74) is 1.65. The van der Waals surface area contributed by atoms with Crippen molar-refractivity contribution in [3.05, 3.63) is 33.9 Å².